The highest BCUT2D eigenvalue weighted by molar-refractivity contribution is 7.99. The van der Waals surface area contributed by atoms with Gasteiger partial charge in [0.15, 0.2) is 5.16 Å². The summed E-state index contributed by atoms with van der Waals surface area (Å²) in [6, 6.07) is 1.96. The number of fused-ring (bicyclic) bond motifs is 1. The van der Waals surface area contributed by atoms with Crippen LogP contribution in [0.3, 0.4) is 0 Å². The van der Waals surface area contributed by atoms with Gasteiger partial charge in [-0.3, -0.25) is 0 Å². The van der Waals surface area contributed by atoms with E-state index in [1.165, 1.54) is 12.8 Å². The molecule has 0 amide bonds. The summed E-state index contributed by atoms with van der Waals surface area (Å²) < 4.78 is 0. The number of halogens is 1. The molecule has 0 saturated carbocycles. The van der Waals surface area contributed by atoms with Crippen LogP contribution in [0, 0.1) is 0 Å². The summed E-state index contributed by atoms with van der Waals surface area (Å²) in [6.45, 7) is 2.18. The molecule has 2 nitrogen and oxygen atoms in total. The summed E-state index contributed by atoms with van der Waals surface area (Å²) in [4.78, 5) is 9.70. The van der Waals surface area contributed by atoms with Crippen LogP contribution < -0.4 is 0 Å². The lowest BCUT2D eigenvalue weighted by molar-refractivity contribution is 0.891. The minimum atomic E-state index is 0.570. The van der Waals surface area contributed by atoms with Gasteiger partial charge in [0, 0.05) is 11.1 Å². The molecular formula is C10H11ClN2S2. The topological polar surface area (TPSA) is 25.8 Å². The first-order valence-electron chi connectivity index (χ1n) is 4.85. The molecule has 2 rings (SSSR count). The van der Waals surface area contributed by atoms with Crippen molar-refractivity contribution in [3.8, 4) is 0 Å². The zero-order valence-corrected chi connectivity index (χ0v) is 10.8. The predicted molar refractivity (Wildman–Crippen MR) is 68.1 cm³/mol. The zero-order chi connectivity index (χ0) is 10.7. The van der Waals surface area contributed by atoms with Gasteiger partial charge in [0.2, 0.25) is 0 Å². The van der Waals surface area contributed by atoms with E-state index in [0.717, 1.165) is 21.1 Å². The Morgan fingerprint density at radius 3 is 3.13 bits per heavy atom. The summed E-state index contributed by atoms with van der Waals surface area (Å²) in [7, 11) is 0. The van der Waals surface area contributed by atoms with E-state index in [2.05, 4.69) is 16.9 Å². The second kappa shape index (κ2) is 5.14. The van der Waals surface area contributed by atoms with Crippen molar-refractivity contribution < 1.29 is 0 Å². The van der Waals surface area contributed by atoms with Crippen molar-refractivity contribution in [1.82, 2.24) is 9.97 Å². The van der Waals surface area contributed by atoms with Crippen LogP contribution in [0.4, 0.5) is 0 Å². The molecule has 0 aromatic carbocycles. The second-order valence-corrected chi connectivity index (χ2v) is 5.45. The standard InChI is InChI=1S/C10H11ClN2S2/c1-2-3-5-15-10-12-8(11)7-4-6-14-9(7)13-10/h4,6H,2-3,5H2,1H3. The molecule has 2 aromatic heterocycles. The number of aromatic nitrogens is 2. The highest BCUT2D eigenvalue weighted by atomic mass is 35.5. The van der Waals surface area contributed by atoms with Gasteiger partial charge in [-0.25, -0.2) is 9.97 Å². The van der Waals surface area contributed by atoms with Crippen molar-refractivity contribution in [1.29, 1.82) is 0 Å². The van der Waals surface area contributed by atoms with E-state index in [0.29, 0.717) is 5.15 Å². The lowest BCUT2D eigenvalue weighted by Crippen LogP contribution is -1.88. The number of nitrogens with zero attached hydrogens (tertiary/aromatic N) is 2. The minimum absolute atomic E-state index is 0.570. The van der Waals surface area contributed by atoms with Crippen LogP contribution in [0.5, 0.6) is 0 Å². The Morgan fingerprint density at radius 2 is 2.33 bits per heavy atom. The average Bonchev–Trinajstić information content (AvgIpc) is 2.66. The number of hydrogen-bond acceptors (Lipinski definition) is 4. The van der Waals surface area contributed by atoms with Crippen LogP contribution in [-0.4, -0.2) is 15.7 Å². The Morgan fingerprint density at radius 1 is 1.47 bits per heavy atom. The molecule has 0 bridgehead atoms. The van der Waals surface area contributed by atoms with Gasteiger partial charge >= 0.3 is 0 Å². The molecule has 0 aliphatic rings. The Balaban J connectivity index is 2.21. The highest BCUT2D eigenvalue weighted by Gasteiger charge is 2.06. The van der Waals surface area contributed by atoms with Crippen molar-refractivity contribution in [3.05, 3.63) is 16.6 Å². The summed E-state index contributed by atoms with van der Waals surface area (Å²) in [6.07, 6.45) is 2.39. The van der Waals surface area contributed by atoms with E-state index in [-0.39, 0.29) is 0 Å². The lowest BCUT2D eigenvalue weighted by atomic mass is 10.4. The fourth-order valence-electron chi connectivity index (χ4n) is 1.17. The van der Waals surface area contributed by atoms with Gasteiger partial charge < -0.3 is 0 Å². The monoisotopic (exact) mass is 258 g/mol. The molecule has 2 heterocycles. The molecular weight excluding hydrogens is 248 g/mol. The largest absolute Gasteiger partial charge is 0.211 e. The molecule has 0 atom stereocenters. The van der Waals surface area contributed by atoms with Gasteiger partial charge in [-0.15, -0.1) is 11.3 Å². The Bertz CT molecular complexity index is 456. The first-order valence-corrected chi connectivity index (χ1v) is 7.09. The molecule has 0 saturated heterocycles. The van der Waals surface area contributed by atoms with Crippen molar-refractivity contribution >= 4 is 44.9 Å². The Kier molecular flexibility index (Phi) is 3.83. The quantitative estimate of drug-likeness (QED) is 0.355. The number of thiophene rings is 1. The third-order valence-electron chi connectivity index (χ3n) is 1.99. The van der Waals surface area contributed by atoms with Crippen LogP contribution in [0.2, 0.25) is 5.15 Å². The van der Waals surface area contributed by atoms with Crippen molar-refractivity contribution in [2.45, 2.75) is 24.9 Å². The summed E-state index contributed by atoms with van der Waals surface area (Å²) in [5.74, 6) is 1.06. The van der Waals surface area contributed by atoms with Crippen molar-refractivity contribution in [2.24, 2.45) is 0 Å². The van der Waals surface area contributed by atoms with Gasteiger partial charge in [0.1, 0.15) is 9.98 Å². The SMILES string of the molecule is CCCCSc1nc(Cl)c2ccsc2n1. The smallest absolute Gasteiger partial charge is 0.190 e. The molecule has 0 fully saturated rings. The van der Waals surface area contributed by atoms with Crippen LogP contribution in [0.15, 0.2) is 16.6 Å². The fraction of sp³-hybridized carbons (Fsp3) is 0.400. The third-order valence-corrected chi connectivity index (χ3v) is 4.02. The molecule has 0 spiro atoms. The molecule has 15 heavy (non-hydrogen) atoms. The summed E-state index contributed by atoms with van der Waals surface area (Å²) in [5, 5.41) is 4.32. The van der Waals surface area contributed by atoms with E-state index in [4.69, 9.17) is 11.6 Å². The average molecular weight is 259 g/mol. The third kappa shape index (κ3) is 2.62. The molecule has 5 heteroatoms. The van der Waals surface area contributed by atoms with Crippen LogP contribution in [0.25, 0.3) is 10.2 Å². The maximum Gasteiger partial charge on any atom is 0.190 e. The van der Waals surface area contributed by atoms with Crippen molar-refractivity contribution in [3.63, 3.8) is 0 Å². The van der Waals surface area contributed by atoms with Crippen LogP contribution >= 0.6 is 34.7 Å². The molecule has 0 aliphatic carbocycles. The van der Waals surface area contributed by atoms with Crippen LogP contribution in [0.1, 0.15) is 19.8 Å². The molecule has 0 N–H and O–H groups in total. The lowest BCUT2D eigenvalue weighted by Gasteiger charge is -2.00. The van der Waals surface area contributed by atoms with E-state index in [1.807, 2.05) is 11.4 Å². The number of unbranched alkanes of at least 4 members (excludes halogenated alkanes) is 1. The van der Waals surface area contributed by atoms with E-state index >= 15 is 0 Å². The molecule has 0 aliphatic heterocycles. The summed E-state index contributed by atoms with van der Waals surface area (Å²) >= 11 is 9.34. The van der Waals surface area contributed by atoms with Gasteiger partial charge in [0.05, 0.1) is 0 Å². The van der Waals surface area contributed by atoms with E-state index < -0.39 is 0 Å². The van der Waals surface area contributed by atoms with Gasteiger partial charge in [-0.05, 0) is 17.9 Å². The first kappa shape index (κ1) is 11.2. The highest BCUT2D eigenvalue weighted by Crippen LogP contribution is 2.27. The van der Waals surface area contributed by atoms with Gasteiger partial charge in [-0.1, -0.05) is 36.7 Å². The Hall–Kier alpha value is -0.320. The van der Waals surface area contributed by atoms with Crippen LogP contribution in [-0.2, 0) is 0 Å². The number of hydrogen-bond donors (Lipinski definition) is 0. The fourth-order valence-corrected chi connectivity index (χ4v) is 3.26. The van der Waals surface area contributed by atoms with E-state index in [9.17, 15) is 0 Å². The Labute approximate surface area is 102 Å². The zero-order valence-electron chi connectivity index (χ0n) is 8.36. The maximum absolute atomic E-state index is 6.06. The first-order chi connectivity index (χ1) is 7.31. The van der Waals surface area contributed by atoms with Gasteiger partial charge in [0.25, 0.3) is 0 Å². The molecule has 0 radical (unpaired) electrons. The molecule has 0 unspecified atom stereocenters. The van der Waals surface area contributed by atoms with Gasteiger partial charge in [-0.2, -0.15) is 0 Å². The van der Waals surface area contributed by atoms with E-state index in [1.54, 1.807) is 23.1 Å². The number of rotatable bonds is 4. The summed E-state index contributed by atoms with van der Waals surface area (Å²) in [5.41, 5.74) is 0. The van der Waals surface area contributed by atoms with Crippen molar-refractivity contribution in [2.75, 3.05) is 5.75 Å². The second-order valence-electron chi connectivity index (χ2n) is 3.14. The molecule has 80 valence electrons. The predicted octanol–water partition coefficient (Wildman–Crippen LogP) is 4.24. The maximum atomic E-state index is 6.06. The molecule has 2 aromatic rings. The minimum Gasteiger partial charge on any atom is -0.211 e. The number of thioether (sulfide) groups is 1. The normalized spacial score (nSPS) is 11.1.